The van der Waals surface area contributed by atoms with Crippen molar-refractivity contribution >= 4 is 6.03 Å². The minimum atomic E-state index is -0.112. The molecule has 0 atom stereocenters. The van der Waals surface area contributed by atoms with Crippen LogP contribution >= 0.6 is 0 Å². The highest BCUT2D eigenvalue weighted by molar-refractivity contribution is 5.75. The van der Waals surface area contributed by atoms with Gasteiger partial charge in [-0.05, 0) is 6.07 Å². The molecule has 2 aromatic rings. The van der Waals surface area contributed by atoms with Crippen LogP contribution < -0.4 is 5.32 Å². The Hall–Kier alpha value is -2.55. The Balaban J connectivity index is 1.53. The molecule has 0 spiro atoms. The minimum Gasteiger partial charge on any atom is -0.383 e. The largest absolute Gasteiger partial charge is 0.383 e. The van der Waals surface area contributed by atoms with Crippen molar-refractivity contribution in [2.75, 3.05) is 33.4 Å². The zero-order valence-corrected chi connectivity index (χ0v) is 12.1. The van der Waals surface area contributed by atoms with E-state index in [1.165, 1.54) is 0 Å². The fourth-order valence-electron chi connectivity index (χ4n) is 2.08. The summed E-state index contributed by atoms with van der Waals surface area (Å²) >= 11 is 0. The number of aromatic nitrogens is 4. The van der Waals surface area contributed by atoms with E-state index in [9.17, 15) is 4.79 Å². The van der Waals surface area contributed by atoms with E-state index in [0.717, 1.165) is 0 Å². The number of methoxy groups -OCH3 is 1. The first-order valence-corrected chi connectivity index (χ1v) is 6.90. The van der Waals surface area contributed by atoms with Gasteiger partial charge in [-0.25, -0.2) is 14.8 Å². The molecule has 0 bridgehead atoms. The maximum absolute atomic E-state index is 11.8. The van der Waals surface area contributed by atoms with Gasteiger partial charge in [0.15, 0.2) is 0 Å². The maximum Gasteiger partial charge on any atom is 0.317 e. The lowest BCUT2D eigenvalue weighted by molar-refractivity contribution is 0.132. The number of carbonyl (C=O) groups excluding carboxylic acids is 1. The van der Waals surface area contributed by atoms with Gasteiger partial charge in [-0.2, -0.15) is 4.98 Å². The summed E-state index contributed by atoms with van der Waals surface area (Å²) in [4.78, 5) is 25.9. The Morgan fingerprint density at radius 2 is 2.18 bits per heavy atom. The number of nitrogens with zero attached hydrogens (tertiary/aromatic N) is 5. The summed E-state index contributed by atoms with van der Waals surface area (Å²) in [5.74, 6) is 1.34. The number of likely N-dealkylation sites (tertiary alicyclic amines) is 1. The standard InChI is InChI=1S/C13H16N6O3/c1-21-6-5-16-13(20)19-7-9(8-19)12-17-11(18-22-12)10-14-3-2-4-15-10/h2-4,9H,5-8H2,1H3,(H,16,20). The third kappa shape index (κ3) is 3.03. The van der Waals surface area contributed by atoms with Gasteiger partial charge in [0, 0.05) is 39.1 Å². The lowest BCUT2D eigenvalue weighted by Crippen LogP contribution is -2.53. The van der Waals surface area contributed by atoms with E-state index in [1.54, 1.807) is 30.5 Å². The molecule has 1 N–H and O–H groups in total. The van der Waals surface area contributed by atoms with Gasteiger partial charge < -0.3 is 19.5 Å². The lowest BCUT2D eigenvalue weighted by Gasteiger charge is -2.36. The van der Waals surface area contributed by atoms with Crippen molar-refractivity contribution in [3.05, 3.63) is 24.4 Å². The first kappa shape index (κ1) is 14.4. The van der Waals surface area contributed by atoms with Crippen molar-refractivity contribution in [3.63, 3.8) is 0 Å². The van der Waals surface area contributed by atoms with E-state index in [-0.39, 0.29) is 11.9 Å². The van der Waals surface area contributed by atoms with Crippen LogP contribution in [0.15, 0.2) is 23.0 Å². The first-order valence-electron chi connectivity index (χ1n) is 6.90. The Bertz CT molecular complexity index is 626. The second-order valence-corrected chi connectivity index (χ2v) is 4.86. The number of ether oxygens (including phenoxy) is 1. The number of amides is 2. The highest BCUT2D eigenvalue weighted by atomic mass is 16.5. The highest BCUT2D eigenvalue weighted by Gasteiger charge is 2.35. The smallest absolute Gasteiger partial charge is 0.317 e. The van der Waals surface area contributed by atoms with Crippen molar-refractivity contribution in [1.29, 1.82) is 0 Å². The summed E-state index contributed by atoms with van der Waals surface area (Å²) in [6, 6.07) is 1.61. The Morgan fingerprint density at radius 3 is 2.91 bits per heavy atom. The second-order valence-electron chi connectivity index (χ2n) is 4.86. The van der Waals surface area contributed by atoms with Crippen molar-refractivity contribution in [2.45, 2.75) is 5.92 Å². The van der Waals surface area contributed by atoms with Gasteiger partial charge in [-0.1, -0.05) is 5.16 Å². The highest BCUT2D eigenvalue weighted by Crippen LogP contribution is 2.26. The van der Waals surface area contributed by atoms with E-state index >= 15 is 0 Å². The molecule has 0 saturated carbocycles. The minimum absolute atomic E-state index is 0.0538. The number of carbonyl (C=O) groups is 1. The number of nitrogens with one attached hydrogen (secondary N) is 1. The van der Waals surface area contributed by atoms with Gasteiger partial charge in [-0.15, -0.1) is 0 Å². The van der Waals surface area contributed by atoms with Crippen molar-refractivity contribution < 1.29 is 14.1 Å². The monoisotopic (exact) mass is 304 g/mol. The molecule has 3 rings (SSSR count). The number of urea groups is 1. The van der Waals surface area contributed by atoms with Crippen molar-refractivity contribution in [3.8, 4) is 11.6 Å². The van der Waals surface area contributed by atoms with Crippen LogP contribution in [0.3, 0.4) is 0 Å². The average Bonchev–Trinajstić information content (AvgIpc) is 2.96. The molecule has 1 fully saturated rings. The average molecular weight is 304 g/mol. The van der Waals surface area contributed by atoms with Crippen LogP contribution in [0.5, 0.6) is 0 Å². The molecule has 0 aromatic carbocycles. The Labute approximate surface area is 126 Å². The lowest BCUT2D eigenvalue weighted by atomic mass is 10.0. The molecule has 9 nitrogen and oxygen atoms in total. The van der Waals surface area contributed by atoms with Gasteiger partial charge in [0.25, 0.3) is 0 Å². The second kappa shape index (κ2) is 6.48. The molecule has 0 unspecified atom stereocenters. The summed E-state index contributed by atoms with van der Waals surface area (Å²) in [6.45, 7) is 2.09. The van der Waals surface area contributed by atoms with Gasteiger partial charge in [-0.3, -0.25) is 0 Å². The van der Waals surface area contributed by atoms with E-state index in [4.69, 9.17) is 9.26 Å². The molecule has 1 aliphatic rings. The first-order chi connectivity index (χ1) is 10.8. The van der Waals surface area contributed by atoms with Crippen molar-refractivity contribution in [2.24, 2.45) is 0 Å². The molecule has 2 amide bonds. The summed E-state index contributed by atoms with van der Waals surface area (Å²) in [5.41, 5.74) is 0. The van der Waals surface area contributed by atoms with Crippen LogP contribution in [-0.4, -0.2) is 64.4 Å². The van der Waals surface area contributed by atoms with Crippen LogP contribution in [0.1, 0.15) is 11.8 Å². The van der Waals surface area contributed by atoms with E-state index in [2.05, 4.69) is 25.4 Å². The predicted octanol–water partition coefficient (Wildman–Crippen LogP) is 0.282. The Kier molecular flexibility index (Phi) is 4.24. The van der Waals surface area contributed by atoms with Gasteiger partial charge in [0.1, 0.15) is 0 Å². The quantitative estimate of drug-likeness (QED) is 0.791. The molecule has 116 valence electrons. The van der Waals surface area contributed by atoms with Crippen LogP contribution in [0.4, 0.5) is 4.79 Å². The fraction of sp³-hybridized carbons (Fsp3) is 0.462. The van der Waals surface area contributed by atoms with E-state index in [1.807, 2.05) is 0 Å². The van der Waals surface area contributed by atoms with Gasteiger partial charge >= 0.3 is 6.03 Å². The molecule has 2 aromatic heterocycles. The number of rotatable bonds is 5. The van der Waals surface area contributed by atoms with E-state index in [0.29, 0.717) is 43.8 Å². The molecule has 22 heavy (non-hydrogen) atoms. The molecule has 0 aliphatic carbocycles. The van der Waals surface area contributed by atoms with Crippen LogP contribution in [0.2, 0.25) is 0 Å². The SMILES string of the molecule is COCCNC(=O)N1CC(c2nc(-c3ncccn3)no2)C1. The van der Waals surface area contributed by atoms with Crippen LogP contribution in [0, 0.1) is 0 Å². The molecule has 3 heterocycles. The molecular weight excluding hydrogens is 288 g/mol. The summed E-state index contributed by atoms with van der Waals surface area (Å²) in [6.07, 6.45) is 3.24. The van der Waals surface area contributed by atoms with Crippen molar-refractivity contribution in [1.82, 2.24) is 30.3 Å². The van der Waals surface area contributed by atoms with Crippen LogP contribution in [0.25, 0.3) is 11.6 Å². The fourth-order valence-corrected chi connectivity index (χ4v) is 2.08. The topological polar surface area (TPSA) is 106 Å². The van der Waals surface area contributed by atoms with E-state index < -0.39 is 0 Å². The predicted molar refractivity (Wildman–Crippen MR) is 74.9 cm³/mol. The zero-order valence-electron chi connectivity index (χ0n) is 12.1. The molecular formula is C13H16N6O3. The normalized spacial score (nSPS) is 14.7. The number of hydrogen-bond acceptors (Lipinski definition) is 7. The summed E-state index contributed by atoms with van der Waals surface area (Å²) < 4.78 is 10.1. The van der Waals surface area contributed by atoms with Gasteiger partial charge in [0.05, 0.1) is 12.5 Å². The zero-order chi connectivity index (χ0) is 15.4. The molecule has 1 saturated heterocycles. The molecule has 1 aliphatic heterocycles. The molecule has 9 heteroatoms. The summed E-state index contributed by atoms with van der Waals surface area (Å²) in [5, 5.41) is 6.64. The van der Waals surface area contributed by atoms with Crippen LogP contribution in [-0.2, 0) is 4.74 Å². The Morgan fingerprint density at radius 1 is 1.41 bits per heavy atom. The van der Waals surface area contributed by atoms with Gasteiger partial charge in [0.2, 0.25) is 17.5 Å². The maximum atomic E-state index is 11.8. The summed E-state index contributed by atoms with van der Waals surface area (Å²) in [7, 11) is 1.59. The third-order valence-corrected chi connectivity index (χ3v) is 3.31. The third-order valence-electron chi connectivity index (χ3n) is 3.31. The molecule has 0 radical (unpaired) electrons. The number of hydrogen-bond donors (Lipinski definition) is 1.